The fraction of sp³-hybridized carbons (Fsp3) is 0.333. The second kappa shape index (κ2) is 8.39. The lowest BCUT2D eigenvalue weighted by Crippen LogP contribution is -2.25. The average molecular weight is 352 g/mol. The standard InChI is InChI=1S/C15H18BrN3S/c1-2-7-18-14(13-10-17-8-9-19-13)11-20-15-6-4-3-5-12(15)16/h3-6,8-10,14,18H,2,7,11H2,1H3. The minimum absolute atomic E-state index is 0.223. The zero-order chi connectivity index (χ0) is 14.2. The van der Waals surface area contributed by atoms with Crippen molar-refractivity contribution in [1.29, 1.82) is 0 Å². The molecule has 3 nitrogen and oxygen atoms in total. The van der Waals surface area contributed by atoms with Crippen LogP contribution in [-0.4, -0.2) is 22.3 Å². The second-order valence-electron chi connectivity index (χ2n) is 4.38. The van der Waals surface area contributed by atoms with Crippen molar-refractivity contribution in [2.24, 2.45) is 0 Å². The molecular formula is C15H18BrN3S. The lowest BCUT2D eigenvalue weighted by molar-refractivity contribution is 0.563. The van der Waals surface area contributed by atoms with Crippen LogP contribution in [0.2, 0.25) is 0 Å². The van der Waals surface area contributed by atoms with Gasteiger partial charge in [-0.15, -0.1) is 11.8 Å². The van der Waals surface area contributed by atoms with Crippen molar-refractivity contribution >= 4 is 27.7 Å². The van der Waals surface area contributed by atoms with Crippen LogP contribution in [0.4, 0.5) is 0 Å². The minimum Gasteiger partial charge on any atom is -0.308 e. The highest BCUT2D eigenvalue weighted by atomic mass is 79.9. The molecule has 1 aromatic carbocycles. The largest absolute Gasteiger partial charge is 0.308 e. The molecule has 0 saturated heterocycles. The van der Waals surface area contributed by atoms with Crippen LogP contribution in [0.3, 0.4) is 0 Å². The lowest BCUT2D eigenvalue weighted by atomic mass is 10.2. The zero-order valence-corrected chi connectivity index (χ0v) is 13.8. The van der Waals surface area contributed by atoms with Gasteiger partial charge in [0.2, 0.25) is 0 Å². The van der Waals surface area contributed by atoms with Gasteiger partial charge < -0.3 is 5.32 Å². The Hall–Kier alpha value is -0.910. The van der Waals surface area contributed by atoms with Crippen LogP contribution in [-0.2, 0) is 0 Å². The number of nitrogens with zero attached hydrogens (tertiary/aromatic N) is 2. The van der Waals surface area contributed by atoms with Crippen molar-refractivity contribution in [3.8, 4) is 0 Å². The van der Waals surface area contributed by atoms with E-state index in [2.05, 4.69) is 56.3 Å². The molecule has 5 heteroatoms. The van der Waals surface area contributed by atoms with Gasteiger partial charge in [0.25, 0.3) is 0 Å². The molecule has 1 unspecified atom stereocenters. The number of benzene rings is 1. The van der Waals surface area contributed by atoms with Gasteiger partial charge >= 0.3 is 0 Å². The fourth-order valence-corrected chi connectivity index (χ4v) is 3.44. The number of hydrogen-bond donors (Lipinski definition) is 1. The summed E-state index contributed by atoms with van der Waals surface area (Å²) < 4.78 is 1.14. The molecule has 0 spiro atoms. The van der Waals surface area contributed by atoms with Crippen molar-refractivity contribution in [2.75, 3.05) is 12.3 Å². The number of nitrogens with one attached hydrogen (secondary N) is 1. The van der Waals surface area contributed by atoms with Crippen LogP contribution in [0.5, 0.6) is 0 Å². The molecule has 1 aromatic heterocycles. The van der Waals surface area contributed by atoms with Gasteiger partial charge in [-0.2, -0.15) is 0 Å². The van der Waals surface area contributed by atoms with E-state index in [1.165, 1.54) is 4.90 Å². The Bertz CT molecular complexity index is 522. The maximum Gasteiger partial charge on any atom is 0.0764 e. The van der Waals surface area contributed by atoms with Gasteiger partial charge in [0.15, 0.2) is 0 Å². The van der Waals surface area contributed by atoms with Crippen molar-refractivity contribution in [2.45, 2.75) is 24.3 Å². The molecule has 106 valence electrons. The fourth-order valence-electron chi connectivity index (χ4n) is 1.79. The Morgan fingerprint density at radius 3 is 2.85 bits per heavy atom. The highest BCUT2D eigenvalue weighted by Gasteiger charge is 2.13. The first-order valence-electron chi connectivity index (χ1n) is 6.68. The van der Waals surface area contributed by atoms with Crippen molar-refractivity contribution in [3.63, 3.8) is 0 Å². The quantitative estimate of drug-likeness (QED) is 0.763. The topological polar surface area (TPSA) is 37.8 Å². The van der Waals surface area contributed by atoms with Gasteiger partial charge in [0.1, 0.15) is 0 Å². The first-order chi connectivity index (χ1) is 9.81. The first kappa shape index (κ1) is 15.5. The summed E-state index contributed by atoms with van der Waals surface area (Å²) in [5, 5.41) is 3.54. The summed E-state index contributed by atoms with van der Waals surface area (Å²) in [5.74, 6) is 0.932. The summed E-state index contributed by atoms with van der Waals surface area (Å²) >= 11 is 5.41. The molecule has 2 rings (SSSR count). The van der Waals surface area contributed by atoms with Gasteiger partial charge in [-0.05, 0) is 41.0 Å². The predicted octanol–water partition coefficient (Wildman–Crippen LogP) is 4.07. The predicted molar refractivity (Wildman–Crippen MR) is 87.9 cm³/mol. The van der Waals surface area contributed by atoms with E-state index < -0.39 is 0 Å². The molecule has 0 saturated carbocycles. The number of aromatic nitrogens is 2. The summed E-state index contributed by atoms with van der Waals surface area (Å²) in [6.45, 7) is 3.15. The Morgan fingerprint density at radius 1 is 1.30 bits per heavy atom. The van der Waals surface area contributed by atoms with Gasteiger partial charge in [0.05, 0.1) is 11.7 Å². The number of hydrogen-bond acceptors (Lipinski definition) is 4. The first-order valence-corrected chi connectivity index (χ1v) is 8.45. The minimum atomic E-state index is 0.223. The van der Waals surface area contributed by atoms with E-state index >= 15 is 0 Å². The molecule has 0 radical (unpaired) electrons. The summed E-state index contributed by atoms with van der Waals surface area (Å²) in [4.78, 5) is 9.83. The van der Waals surface area contributed by atoms with Crippen LogP contribution in [0.15, 0.2) is 52.2 Å². The number of halogens is 1. The molecule has 0 aliphatic rings. The van der Waals surface area contributed by atoms with Crippen LogP contribution in [0.1, 0.15) is 25.1 Å². The monoisotopic (exact) mass is 351 g/mol. The molecule has 0 aliphatic carbocycles. The van der Waals surface area contributed by atoms with Gasteiger partial charge in [-0.1, -0.05) is 19.1 Å². The van der Waals surface area contributed by atoms with E-state index in [4.69, 9.17) is 0 Å². The third-order valence-corrected chi connectivity index (χ3v) is 4.94. The third kappa shape index (κ3) is 4.58. The maximum atomic E-state index is 4.42. The Kier molecular flexibility index (Phi) is 6.50. The molecule has 1 N–H and O–H groups in total. The zero-order valence-electron chi connectivity index (χ0n) is 11.4. The number of thioether (sulfide) groups is 1. The molecule has 20 heavy (non-hydrogen) atoms. The van der Waals surface area contributed by atoms with Crippen LogP contribution in [0, 0.1) is 0 Å². The SMILES string of the molecule is CCCNC(CSc1ccccc1Br)c1cnccn1. The summed E-state index contributed by atoms with van der Waals surface area (Å²) in [6.07, 6.45) is 6.41. The molecule has 2 aromatic rings. The summed E-state index contributed by atoms with van der Waals surface area (Å²) in [5.41, 5.74) is 1.00. The van der Waals surface area contributed by atoms with Gasteiger partial charge in [0, 0.05) is 33.7 Å². The molecule has 0 fully saturated rings. The van der Waals surface area contributed by atoms with Crippen molar-refractivity contribution in [3.05, 3.63) is 53.0 Å². The summed E-state index contributed by atoms with van der Waals surface area (Å²) in [6, 6.07) is 8.51. The molecule has 1 heterocycles. The normalized spacial score (nSPS) is 12.3. The number of rotatable bonds is 7. The molecule has 0 bridgehead atoms. The highest BCUT2D eigenvalue weighted by molar-refractivity contribution is 9.10. The van der Waals surface area contributed by atoms with Crippen LogP contribution < -0.4 is 5.32 Å². The average Bonchev–Trinajstić information content (AvgIpc) is 2.50. The Labute approximate surface area is 132 Å². The van der Waals surface area contributed by atoms with Crippen molar-refractivity contribution in [1.82, 2.24) is 15.3 Å². The second-order valence-corrected chi connectivity index (χ2v) is 6.29. The smallest absolute Gasteiger partial charge is 0.0764 e. The molecule has 0 amide bonds. The van der Waals surface area contributed by atoms with E-state index in [1.807, 2.05) is 24.0 Å². The molecule has 1 atom stereocenters. The summed E-state index contributed by atoms with van der Waals surface area (Å²) in [7, 11) is 0. The van der Waals surface area contributed by atoms with E-state index in [0.29, 0.717) is 0 Å². The highest BCUT2D eigenvalue weighted by Crippen LogP contribution is 2.29. The Morgan fingerprint density at radius 2 is 2.15 bits per heavy atom. The van der Waals surface area contributed by atoms with Gasteiger partial charge in [-0.25, -0.2) is 0 Å². The van der Waals surface area contributed by atoms with E-state index in [1.54, 1.807) is 12.4 Å². The Balaban J connectivity index is 2.03. The van der Waals surface area contributed by atoms with E-state index in [-0.39, 0.29) is 6.04 Å². The lowest BCUT2D eigenvalue weighted by Gasteiger charge is -2.17. The third-order valence-electron chi connectivity index (χ3n) is 2.82. The van der Waals surface area contributed by atoms with Crippen LogP contribution in [0.25, 0.3) is 0 Å². The van der Waals surface area contributed by atoms with E-state index in [9.17, 15) is 0 Å². The van der Waals surface area contributed by atoms with Gasteiger partial charge in [-0.3, -0.25) is 9.97 Å². The molecule has 0 aliphatic heterocycles. The maximum absolute atomic E-state index is 4.42. The van der Waals surface area contributed by atoms with Crippen molar-refractivity contribution < 1.29 is 0 Å². The van der Waals surface area contributed by atoms with E-state index in [0.717, 1.165) is 28.9 Å². The molecular weight excluding hydrogens is 334 g/mol. The van der Waals surface area contributed by atoms with Crippen LogP contribution >= 0.6 is 27.7 Å².